The number of hydrogen-bond acceptors (Lipinski definition) is 5. The van der Waals surface area contributed by atoms with Crippen LogP contribution in [0, 0.1) is 0 Å². The van der Waals surface area contributed by atoms with E-state index >= 15 is 0 Å². The topological polar surface area (TPSA) is 102 Å². The zero-order valence-electron chi connectivity index (χ0n) is 15.6. The van der Waals surface area contributed by atoms with Gasteiger partial charge in [0.15, 0.2) is 5.96 Å². The zero-order chi connectivity index (χ0) is 20.1. The molecule has 0 saturated carbocycles. The number of rotatable bonds is 3. The van der Waals surface area contributed by atoms with E-state index in [4.69, 9.17) is 11.5 Å². The Balaban J connectivity index is 1.88. The van der Waals surface area contributed by atoms with Gasteiger partial charge in [-0.2, -0.15) is 0 Å². The van der Waals surface area contributed by atoms with E-state index < -0.39 is 11.4 Å². The maximum Gasteiger partial charge on any atom is 0.248 e. The van der Waals surface area contributed by atoms with Crippen molar-refractivity contribution in [3.8, 4) is 11.1 Å². The number of amides is 2. The number of aliphatic imine (C=N–C) groups is 1. The lowest BCUT2D eigenvalue weighted by Crippen LogP contribution is -2.47. The minimum atomic E-state index is -0.709. The molecule has 0 saturated heterocycles. The second-order valence-electron chi connectivity index (χ2n) is 7.15. The Labute approximate surface area is 166 Å². The number of thiophene rings is 1. The van der Waals surface area contributed by atoms with Crippen molar-refractivity contribution in [1.29, 1.82) is 0 Å². The highest BCUT2D eigenvalue weighted by atomic mass is 32.1. The Morgan fingerprint density at radius 2 is 2.00 bits per heavy atom. The summed E-state index contributed by atoms with van der Waals surface area (Å²) in [6, 6.07) is 13.3. The van der Waals surface area contributed by atoms with Crippen LogP contribution in [-0.2, 0) is 10.3 Å². The summed E-state index contributed by atoms with van der Waals surface area (Å²) in [5.74, 6) is -0.286. The van der Waals surface area contributed by atoms with E-state index in [9.17, 15) is 9.59 Å². The molecular weight excluding hydrogens is 372 g/mol. The van der Waals surface area contributed by atoms with E-state index in [0.29, 0.717) is 5.56 Å². The van der Waals surface area contributed by atoms with Crippen molar-refractivity contribution < 1.29 is 9.59 Å². The summed E-state index contributed by atoms with van der Waals surface area (Å²) >= 11 is 1.59. The summed E-state index contributed by atoms with van der Waals surface area (Å²) in [5, 5.41) is 3.07. The molecule has 2 heterocycles. The lowest BCUT2D eigenvalue weighted by Gasteiger charge is -2.33. The SMILES string of the molecule is CN1C(=O)C[C@@](C)(c2csc3c(-c4cccc(C(N)=O)c4)cccc23)N=C1N. The van der Waals surface area contributed by atoms with Gasteiger partial charge in [-0.3, -0.25) is 14.5 Å². The molecule has 6 nitrogen and oxygen atoms in total. The van der Waals surface area contributed by atoms with Gasteiger partial charge in [-0.05, 0) is 46.5 Å². The second-order valence-corrected chi connectivity index (χ2v) is 8.03. The van der Waals surface area contributed by atoms with Gasteiger partial charge in [-0.15, -0.1) is 11.3 Å². The van der Waals surface area contributed by atoms with Crippen molar-refractivity contribution in [3.63, 3.8) is 0 Å². The molecule has 0 unspecified atom stereocenters. The molecule has 1 aliphatic rings. The maximum atomic E-state index is 12.4. The van der Waals surface area contributed by atoms with Gasteiger partial charge in [-0.1, -0.05) is 30.3 Å². The average molecular weight is 392 g/mol. The molecule has 4 N–H and O–H groups in total. The number of nitrogens with two attached hydrogens (primary N) is 2. The van der Waals surface area contributed by atoms with E-state index in [2.05, 4.69) is 4.99 Å². The monoisotopic (exact) mass is 392 g/mol. The normalized spacial score (nSPS) is 19.7. The van der Waals surface area contributed by atoms with Crippen LogP contribution < -0.4 is 11.5 Å². The highest BCUT2D eigenvalue weighted by Gasteiger charge is 2.37. The smallest absolute Gasteiger partial charge is 0.248 e. The van der Waals surface area contributed by atoms with Crippen LogP contribution in [0.2, 0.25) is 0 Å². The number of fused-ring (bicyclic) bond motifs is 1. The van der Waals surface area contributed by atoms with E-state index in [1.807, 2.05) is 42.6 Å². The Hall–Kier alpha value is -3.19. The first kappa shape index (κ1) is 18.2. The van der Waals surface area contributed by atoms with Crippen LogP contribution in [0.4, 0.5) is 0 Å². The molecule has 3 aromatic rings. The number of carbonyl (C=O) groups is 2. The van der Waals surface area contributed by atoms with Crippen molar-refractivity contribution in [2.45, 2.75) is 18.9 Å². The Morgan fingerprint density at radius 3 is 2.71 bits per heavy atom. The largest absolute Gasteiger partial charge is 0.369 e. The first-order chi connectivity index (χ1) is 13.3. The number of guanidine groups is 1. The highest BCUT2D eigenvalue weighted by Crippen LogP contribution is 2.43. The van der Waals surface area contributed by atoms with E-state index in [0.717, 1.165) is 26.8 Å². The molecule has 0 radical (unpaired) electrons. The predicted molar refractivity (Wildman–Crippen MR) is 112 cm³/mol. The van der Waals surface area contributed by atoms with Crippen LogP contribution in [0.15, 0.2) is 52.8 Å². The van der Waals surface area contributed by atoms with Crippen molar-refractivity contribution in [2.24, 2.45) is 16.5 Å². The van der Waals surface area contributed by atoms with Crippen molar-refractivity contribution in [3.05, 3.63) is 59.0 Å². The standard InChI is InChI=1S/C21H20N4O2S/c1-21(10-17(26)25(2)20(23)24-21)16-11-28-18-14(7-4-8-15(16)18)12-5-3-6-13(9-12)19(22)27/h3-9,11H,10H2,1-2H3,(H2,22,27)(H2,23,24)/t21-/m0/s1. The molecule has 142 valence electrons. The van der Waals surface area contributed by atoms with Gasteiger partial charge in [0.25, 0.3) is 0 Å². The van der Waals surface area contributed by atoms with Gasteiger partial charge in [0.05, 0.1) is 12.0 Å². The van der Waals surface area contributed by atoms with Crippen LogP contribution in [0.1, 0.15) is 29.3 Å². The molecule has 28 heavy (non-hydrogen) atoms. The Morgan fingerprint density at radius 1 is 1.25 bits per heavy atom. The first-order valence-corrected chi connectivity index (χ1v) is 9.71. The molecule has 0 bridgehead atoms. The molecule has 1 atom stereocenters. The number of hydrogen-bond donors (Lipinski definition) is 2. The van der Waals surface area contributed by atoms with Gasteiger partial charge >= 0.3 is 0 Å². The van der Waals surface area contributed by atoms with Crippen LogP contribution in [-0.4, -0.2) is 29.7 Å². The minimum Gasteiger partial charge on any atom is -0.369 e. The van der Waals surface area contributed by atoms with Crippen molar-refractivity contribution in [1.82, 2.24) is 4.90 Å². The molecular formula is C21H20N4O2S. The zero-order valence-corrected chi connectivity index (χ0v) is 16.4. The van der Waals surface area contributed by atoms with Gasteiger partial charge < -0.3 is 11.5 Å². The summed E-state index contributed by atoms with van der Waals surface area (Å²) < 4.78 is 1.07. The molecule has 0 aliphatic carbocycles. The third-order valence-corrected chi connectivity index (χ3v) is 6.24. The van der Waals surface area contributed by atoms with Gasteiger partial charge in [0, 0.05) is 17.3 Å². The predicted octanol–water partition coefficient (Wildman–Crippen LogP) is 3.06. The number of nitrogens with zero attached hydrogens (tertiary/aromatic N) is 2. The van der Waals surface area contributed by atoms with Gasteiger partial charge in [0.1, 0.15) is 0 Å². The molecule has 1 aromatic heterocycles. The van der Waals surface area contributed by atoms with E-state index in [-0.39, 0.29) is 18.3 Å². The molecule has 0 spiro atoms. The first-order valence-electron chi connectivity index (χ1n) is 8.83. The number of benzene rings is 2. The molecule has 2 aromatic carbocycles. The third-order valence-electron chi connectivity index (χ3n) is 5.21. The van der Waals surface area contributed by atoms with Crippen LogP contribution >= 0.6 is 11.3 Å². The Kier molecular flexibility index (Phi) is 4.19. The van der Waals surface area contributed by atoms with Crippen LogP contribution in [0.5, 0.6) is 0 Å². The second kappa shape index (κ2) is 6.45. The Bertz CT molecular complexity index is 1150. The fourth-order valence-corrected chi connectivity index (χ4v) is 4.84. The van der Waals surface area contributed by atoms with Crippen molar-refractivity contribution in [2.75, 3.05) is 7.05 Å². The maximum absolute atomic E-state index is 12.4. The minimum absolute atomic E-state index is 0.0559. The highest BCUT2D eigenvalue weighted by molar-refractivity contribution is 7.18. The molecule has 4 rings (SSSR count). The number of carbonyl (C=O) groups excluding carboxylic acids is 2. The summed E-state index contributed by atoms with van der Waals surface area (Å²) in [6.07, 6.45) is 0.261. The molecule has 7 heteroatoms. The van der Waals surface area contributed by atoms with Gasteiger partial charge in [-0.25, -0.2) is 4.99 Å². The summed E-state index contributed by atoms with van der Waals surface area (Å²) in [5.41, 5.74) is 14.1. The lowest BCUT2D eigenvalue weighted by molar-refractivity contribution is -0.128. The fourth-order valence-electron chi connectivity index (χ4n) is 3.61. The van der Waals surface area contributed by atoms with Crippen molar-refractivity contribution >= 4 is 39.2 Å². The summed E-state index contributed by atoms with van der Waals surface area (Å²) in [4.78, 5) is 29.9. The summed E-state index contributed by atoms with van der Waals surface area (Å²) in [6.45, 7) is 1.94. The fraction of sp³-hybridized carbons (Fsp3) is 0.190. The molecule has 0 fully saturated rings. The molecule has 1 aliphatic heterocycles. The van der Waals surface area contributed by atoms with Gasteiger partial charge in [0.2, 0.25) is 11.8 Å². The number of primary amides is 1. The lowest BCUT2D eigenvalue weighted by atomic mass is 9.86. The van der Waals surface area contributed by atoms with E-state index in [1.54, 1.807) is 30.5 Å². The quantitative estimate of drug-likeness (QED) is 0.716. The average Bonchev–Trinajstić information content (AvgIpc) is 3.11. The summed E-state index contributed by atoms with van der Waals surface area (Å²) in [7, 11) is 1.64. The van der Waals surface area contributed by atoms with Crippen LogP contribution in [0.25, 0.3) is 21.2 Å². The molecule has 2 amide bonds. The van der Waals surface area contributed by atoms with Crippen LogP contribution in [0.3, 0.4) is 0 Å². The van der Waals surface area contributed by atoms with E-state index in [1.165, 1.54) is 4.90 Å². The third kappa shape index (κ3) is 2.84.